The summed E-state index contributed by atoms with van der Waals surface area (Å²) in [7, 11) is -0.684. The molecule has 41 heavy (non-hydrogen) atoms. The van der Waals surface area contributed by atoms with Crippen molar-refractivity contribution < 1.29 is 32.2 Å². The lowest BCUT2D eigenvalue weighted by Crippen LogP contribution is -2.49. The van der Waals surface area contributed by atoms with Gasteiger partial charge in [-0.05, 0) is 56.3 Å². The van der Waals surface area contributed by atoms with Gasteiger partial charge < -0.3 is 24.4 Å². The Morgan fingerprint density at radius 3 is 2.20 bits per heavy atom. The molecular weight excluding hydrogens is 550 g/mol. The highest BCUT2D eigenvalue weighted by atomic mass is 32.2. The van der Waals surface area contributed by atoms with E-state index in [0.717, 1.165) is 0 Å². The maximum Gasteiger partial charge on any atom is 0.342 e. The van der Waals surface area contributed by atoms with Crippen molar-refractivity contribution in [1.29, 1.82) is 0 Å². The van der Waals surface area contributed by atoms with Crippen molar-refractivity contribution in [2.75, 3.05) is 57.2 Å². The van der Waals surface area contributed by atoms with Crippen molar-refractivity contribution in [3.8, 4) is 22.8 Å². The predicted molar refractivity (Wildman–Crippen MR) is 153 cm³/mol. The van der Waals surface area contributed by atoms with E-state index >= 15 is 0 Å². The molecule has 1 aliphatic rings. The molecule has 1 amide bonds. The van der Waals surface area contributed by atoms with E-state index in [1.54, 1.807) is 44.2 Å². The zero-order valence-electron chi connectivity index (χ0n) is 23.6. The number of benzene rings is 2. The maximum atomic E-state index is 13.3. The first-order valence-electron chi connectivity index (χ1n) is 13.0. The number of esters is 1. The topological polar surface area (TPSA) is 140 Å². The fraction of sp³-hybridized carbons (Fsp3) is 0.357. The number of aryl methyl sites for hydroxylation is 1. The van der Waals surface area contributed by atoms with Crippen molar-refractivity contribution in [1.82, 2.24) is 14.3 Å². The van der Waals surface area contributed by atoms with Crippen LogP contribution in [-0.4, -0.2) is 81.6 Å². The molecule has 0 atom stereocenters. The van der Waals surface area contributed by atoms with Gasteiger partial charge in [-0.25, -0.2) is 23.2 Å². The zero-order chi connectivity index (χ0) is 29.7. The number of hydrogen-bond donors (Lipinski definition) is 1. The van der Waals surface area contributed by atoms with Crippen LogP contribution in [0.1, 0.15) is 29.9 Å². The van der Waals surface area contributed by atoms with E-state index < -0.39 is 16.0 Å². The minimum absolute atomic E-state index is 0.140. The standard InChI is InChI=1S/C28H33N5O7S/c1-6-40-27(35)25-18(2)29-28(31-26(25)20-7-12-23(38-4)24(17-20)39-5)32-13-15-33(16-14-32)41(36,37)22-10-8-21(9-11-22)30-19(3)34/h7-12,17H,6,13-16H2,1-5H3,(H,30,34). The summed E-state index contributed by atoms with van der Waals surface area (Å²) in [6, 6.07) is 11.3. The Hall–Kier alpha value is -4.23. The number of ether oxygens (including phenoxy) is 3. The van der Waals surface area contributed by atoms with Crippen LogP contribution in [0.25, 0.3) is 11.3 Å². The molecule has 0 bridgehead atoms. The maximum absolute atomic E-state index is 13.3. The van der Waals surface area contributed by atoms with Gasteiger partial charge in [0.2, 0.25) is 21.9 Å². The molecule has 0 saturated carbocycles. The van der Waals surface area contributed by atoms with Gasteiger partial charge in [0.25, 0.3) is 0 Å². The summed E-state index contributed by atoms with van der Waals surface area (Å²) < 4.78 is 44.0. The average molecular weight is 584 g/mol. The minimum Gasteiger partial charge on any atom is -0.493 e. The van der Waals surface area contributed by atoms with E-state index in [1.165, 1.54) is 37.6 Å². The van der Waals surface area contributed by atoms with Gasteiger partial charge in [0.05, 0.1) is 37.1 Å². The zero-order valence-corrected chi connectivity index (χ0v) is 24.4. The molecule has 1 N–H and O–H groups in total. The Morgan fingerprint density at radius 2 is 1.61 bits per heavy atom. The predicted octanol–water partition coefficient (Wildman–Crippen LogP) is 3.12. The Bertz CT molecular complexity index is 1540. The number of nitrogens with zero attached hydrogens (tertiary/aromatic N) is 4. The van der Waals surface area contributed by atoms with Crippen molar-refractivity contribution in [2.24, 2.45) is 0 Å². The van der Waals surface area contributed by atoms with Crippen LogP contribution >= 0.6 is 0 Å². The van der Waals surface area contributed by atoms with Gasteiger partial charge in [0.1, 0.15) is 5.56 Å². The number of carbonyl (C=O) groups is 2. The van der Waals surface area contributed by atoms with Gasteiger partial charge in [-0.3, -0.25) is 4.79 Å². The van der Waals surface area contributed by atoms with Crippen molar-refractivity contribution in [3.63, 3.8) is 0 Å². The molecule has 218 valence electrons. The molecule has 13 heteroatoms. The van der Waals surface area contributed by atoms with Gasteiger partial charge in [-0.2, -0.15) is 4.31 Å². The van der Waals surface area contributed by atoms with Crippen LogP contribution in [0.2, 0.25) is 0 Å². The SMILES string of the molecule is CCOC(=O)c1c(C)nc(N2CCN(S(=O)(=O)c3ccc(NC(C)=O)cc3)CC2)nc1-c1ccc(OC)c(OC)c1. The van der Waals surface area contributed by atoms with Crippen LogP contribution in [0.4, 0.5) is 11.6 Å². The quantitative estimate of drug-likeness (QED) is 0.374. The highest BCUT2D eigenvalue weighted by molar-refractivity contribution is 7.89. The van der Waals surface area contributed by atoms with Crippen LogP contribution < -0.4 is 19.7 Å². The molecule has 0 aliphatic carbocycles. The molecule has 0 radical (unpaired) electrons. The second kappa shape index (κ2) is 12.5. The summed E-state index contributed by atoms with van der Waals surface area (Å²) in [6.07, 6.45) is 0. The van der Waals surface area contributed by atoms with Crippen molar-refractivity contribution in [3.05, 3.63) is 53.7 Å². The van der Waals surface area contributed by atoms with E-state index in [2.05, 4.69) is 10.3 Å². The number of anilines is 2. The lowest BCUT2D eigenvalue weighted by molar-refractivity contribution is -0.114. The monoisotopic (exact) mass is 583 g/mol. The first kappa shape index (κ1) is 29.7. The first-order valence-corrected chi connectivity index (χ1v) is 14.4. The fourth-order valence-electron chi connectivity index (χ4n) is 4.53. The third kappa shape index (κ3) is 6.41. The van der Waals surface area contributed by atoms with Gasteiger partial charge in [0.15, 0.2) is 11.5 Å². The molecule has 12 nitrogen and oxygen atoms in total. The van der Waals surface area contributed by atoms with E-state index in [9.17, 15) is 18.0 Å². The Kier molecular flexibility index (Phi) is 9.08. The van der Waals surface area contributed by atoms with Gasteiger partial charge in [0, 0.05) is 44.4 Å². The molecule has 1 aliphatic heterocycles. The third-order valence-corrected chi connectivity index (χ3v) is 8.46. The number of piperazine rings is 1. The molecule has 4 rings (SSSR count). The normalized spacial score (nSPS) is 13.9. The Labute approximate surface area is 239 Å². The summed E-state index contributed by atoms with van der Waals surface area (Å²) in [5.74, 6) is 0.598. The molecule has 0 unspecified atom stereocenters. The lowest BCUT2D eigenvalue weighted by Gasteiger charge is -2.34. The summed E-state index contributed by atoms with van der Waals surface area (Å²) in [4.78, 5) is 35.6. The summed E-state index contributed by atoms with van der Waals surface area (Å²) in [5.41, 5.74) is 2.19. The van der Waals surface area contributed by atoms with Crippen LogP contribution in [0.5, 0.6) is 11.5 Å². The highest BCUT2D eigenvalue weighted by Gasteiger charge is 2.31. The summed E-state index contributed by atoms with van der Waals surface area (Å²) >= 11 is 0. The van der Waals surface area contributed by atoms with E-state index in [-0.39, 0.29) is 36.1 Å². The molecule has 1 fully saturated rings. The number of aromatic nitrogens is 2. The number of amides is 1. The molecule has 1 saturated heterocycles. The Morgan fingerprint density at radius 1 is 0.951 bits per heavy atom. The number of methoxy groups -OCH3 is 2. The number of sulfonamides is 1. The summed E-state index contributed by atoms with van der Waals surface area (Å²) in [6.45, 7) is 6.12. The van der Waals surface area contributed by atoms with Crippen molar-refractivity contribution in [2.45, 2.75) is 25.7 Å². The van der Waals surface area contributed by atoms with Gasteiger partial charge in [-0.15, -0.1) is 0 Å². The largest absolute Gasteiger partial charge is 0.493 e. The van der Waals surface area contributed by atoms with E-state index in [1.807, 2.05) is 4.90 Å². The minimum atomic E-state index is -3.74. The summed E-state index contributed by atoms with van der Waals surface area (Å²) in [5, 5.41) is 2.63. The fourth-order valence-corrected chi connectivity index (χ4v) is 5.95. The molecule has 1 aromatic heterocycles. The van der Waals surface area contributed by atoms with Crippen LogP contribution in [0, 0.1) is 6.92 Å². The van der Waals surface area contributed by atoms with Gasteiger partial charge >= 0.3 is 5.97 Å². The number of nitrogens with one attached hydrogen (secondary N) is 1. The molecular formula is C28H33N5O7S. The number of hydrogen-bond acceptors (Lipinski definition) is 10. The average Bonchev–Trinajstić information content (AvgIpc) is 2.96. The second-order valence-corrected chi connectivity index (χ2v) is 11.2. The van der Waals surface area contributed by atoms with Crippen LogP contribution in [-0.2, 0) is 19.6 Å². The van der Waals surface area contributed by atoms with E-state index in [4.69, 9.17) is 19.2 Å². The number of carbonyl (C=O) groups excluding carboxylic acids is 2. The molecule has 2 aromatic carbocycles. The third-order valence-electron chi connectivity index (χ3n) is 6.55. The lowest BCUT2D eigenvalue weighted by atomic mass is 10.0. The smallest absolute Gasteiger partial charge is 0.342 e. The highest BCUT2D eigenvalue weighted by Crippen LogP contribution is 2.34. The van der Waals surface area contributed by atoms with Crippen LogP contribution in [0.3, 0.4) is 0 Å². The molecule has 2 heterocycles. The second-order valence-electron chi connectivity index (χ2n) is 9.22. The van der Waals surface area contributed by atoms with Gasteiger partial charge in [-0.1, -0.05) is 0 Å². The molecule has 0 spiro atoms. The van der Waals surface area contributed by atoms with E-state index in [0.29, 0.717) is 53.2 Å². The van der Waals surface area contributed by atoms with Crippen LogP contribution in [0.15, 0.2) is 47.4 Å². The Balaban J connectivity index is 1.61. The number of rotatable bonds is 9. The molecule has 3 aromatic rings. The van der Waals surface area contributed by atoms with Crippen molar-refractivity contribution >= 4 is 33.5 Å². The first-order chi connectivity index (χ1) is 19.6.